The van der Waals surface area contributed by atoms with E-state index in [1.54, 1.807) is 5.38 Å². The summed E-state index contributed by atoms with van der Waals surface area (Å²) in [5.41, 5.74) is 2.97. The van der Waals surface area contributed by atoms with Gasteiger partial charge in [0.15, 0.2) is 5.13 Å². The van der Waals surface area contributed by atoms with Crippen molar-refractivity contribution >= 4 is 55.2 Å². The molecule has 0 saturated heterocycles. The molecule has 3 aromatic rings. The molecule has 11 heteroatoms. The van der Waals surface area contributed by atoms with Crippen molar-refractivity contribution in [2.75, 3.05) is 42.1 Å². The van der Waals surface area contributed by atoms with E-state index >= 15 is 0 Å². The zero-order chi connectivity index (χ0) is 22.6. The maximum Gasteiger partial charge on any atom is 0.266 e. The Kier molecular flexibility index (Phi) is 7.37. The van der Waals surface area contributed by atoms with Gasteiger partial charge in [-0.2, -0.15) is 0 Å². The Hall–Kier alpha value is -2.40. The van der Waals surface area contributed by atoms with Crippen LogP contribution >= 0.6 is 22.9 Å². The van der Waals surface area contributed by atoms with Crippen molar-refractivity contribution in [3.63, 3.8) is 0 Å². The third-order valence-corrected chi connectivity index (χ3v) is 6.98. The third kappa shape index (κ3) is 5.65. The van der Waals surface area contributed by atoms with E-state index in [1.165, 1.54) is 6.20 Å². The first-order valence-electron chi connectivity index (χ1n) is 9.36. The lowest BCUT2D eigenvalue weighted by Gasteiger charge is -2.24. The van der Waals surface area contributed by atoms with Gasteiger partial charge in [-0.25, -0.2) is 17.8 Å². The molecule has 0 fully saturated rings. The summed E-state index contributed by atoms with van der Waals surface area (Å²) < 4.78 is 42.1. The number of thiazole rings is 1. The number of benzene rings is 2. The quantitative estimate of drug-likeness (QED) is 0.417. The topological polar surface area (TPSA) is 86.4 Å². The molecule has 166 valence electrons. The van der Waals surface area contributed by atoms with Crippen LogP contribution < -0.4 is 20.3 Å². The molecule has 0 amide bonds. The van der Waals surface area contributed by atoms with Gasteiger partial charge in [-0.15, -0.1) is 11.3 Å². The molecule has 0 bridgehead atoms. The average Bonchev–Trinajstić information content (AvgIpc) is 3.22. The number of anilines is 4. The number of likely N-dealkylation sites (N-methyl/N-ethyl adjacent to an activating group) is 2. The van der Waals surface area contributed by atoms with Crippen molar-refractivity contribution in [3.05, 3.63) is 58.3 Å². The molecule has 0 aliphatic heterocycles. The number of hydrogen-bond donors (Lipinski definition) is 3. The summed E-state index contributed by atoms with van der Waals surface area (Å²) in [6.45, 7) is 3.54. The number of hydrogen-bond acceptors (Lipinski definition) is 7. The van der Waals surface area contributed by atoms with E-state index in [9.17, 15) is 12.8 Å². The van der Waals surface area contributed by atoms with Crippen LogP contribution in [0.25, 0.3) is 0 Å². The van der Waals surface area contributed by atoms with Crippen LogP contribution in [0.3, 0.4) is 0 Å². The molecule has 7 nitrogen and oxygen atoms in total. The molecule has 0 unspecified atom stereocenters. The van der Waals surface area contributed by atoms with E-state index in [2.05, 4.69) is 25.2 Å². The SMILES string of the molecule is CNCCN(C)c1cc(C)ccc1Nc1cc(F)c(S(=O)(=O)Nc2nccs2)cc1Cl. The van der Waals surface area contributed by atoms with Gasteiger partial charge in [0.2, 0.25) is 0 Å². The van der Waals surface area contributed by atoms with Crippen LogP contribution in [0.15, 0.2) is 46.8 Å². The molecule has 0 aliphatic carbocycles. The number of sulfonamides is 1. The van der Waals surface area contributed by atoms with Gasteiger partial charge in [-0.3, -0.25) is 4.72 Å². The Morgan fingerprint density at radius 3 is 2.68 bits per heavy atom. The summed E-state index contributed by atoms with van der Waals surface area (Å²) in [5, 5.41) is 8.07. The highest BCUT2D eigenvalue weighted by atomic mass is 35.5. The van der Waals surface area contributed by atoms with Crippen molar-refractivity contribution in [3.8, 4) is 0 Å². The molecule has 1 aromatic heterocycles. The smallest absolute Gasteiger partial charge is 0.266 e. The zero-order valence-electron chi connectivity index (χ0n) is 17.2. The summed E-state index contributed by atoms with van der Waals surface area (Å²) in [4.78, 5) is 5.37. The highest BCUT2D eigenvalue weighted by Gasteiger charge is 2.23. The minimum atomic E-state index is -4.17. The van der Waals surface area contributed by atoms with Crippen LogP contribution in [0.2, 0.25) is 5.02 Å². The van der Waals surface area contributed by atoms with Gasteiger partial charge in [-0.05, 0) is 37.7 Å². The first-order chi connectivity index (χ1) is 14.7. The van der Waals surface area contributed by atoms with Gasteiger partial charge >= 0.3 is 0 Å². The molecule has 0 radical (unpaired) electrons. The van der Waals surface area contributed by atoms with Crippen molar-refractivity contribution < 1.29 is 12.8 Å². The molecule has 0 saturated carbocycles. The molecule has 0 atom stereocenters. The van der Waals surface area contributed by atoms with E-state index in [0.29, 0.717) is 0 Å². The summed E-state index contributed by atoms with van der Waals surface area (Å²) in [7, 11) is -0.331. The fourth-order valence-electron chi connectivity index (χ4n) is 2.88. The monoisotopic (exact) mass is 483 g/mol. The number of nitrogens with zero attached hydrogens (tertiary/aromatic N) is 2. The Bertz CT molecular complexity index is 1160. The van der Waals surface area contributed by atoms with Crippen LogP contribution in [-0.4, -0.2) is 40.6 Å². The Morgan fingerprint density at radius 1 is 1.23 bits per heavy atom. The highest BCUT2D eigenvalue weighted by Crippen LogP contribution is 2.35. The van der Waals surface area contributed by atoms with Crippen LogP contribution in [0.5, 0.6) is 0 Å². The third-order valence-electron chi connectivity index (χ3n) is 4.50. The van der Waals surface area contributed by atoms with E-state index < -0.39 is 20.7 Å². The Balaban J connectivity index is 1.91. The fraction of sp³-hybridized carbons (Fsp3) is 0.250. The van der Waals surface area contributed by atoms with Gasteiger partial charge in [0, 0.05) is 37.8 Å². The molecule has 31 heavy (non-hydrogen) atoms. The van der Waals surface area contributed by atoms with Crippen molar-refractivity contribution in [1.82, 2.24) is 10.3 Å². The molecular formula is C20H23ClFN5O2S2. The van der Waals surface area contributed by atoms with E-state index in [-0.39, 0.29) is 15.8 Å². The largest absolute Gasteiger partial charge is 0.372 e. The predicted molar refractivity (Wildman–Crippen MR) is 126 cm³/mol. The van der Waals surface area contributed by atoms with Crippen LogP contribution in [-0.2, 0) is 10.0 Å². The van der Waals surface area contributed by atoms with E-state index in [4.69, 9.17) is 11.6 Å². The van der Waals surface area contributed by atoms with Crippen LogP contribution in [0, 0.1) is 12.7 Å². The highest BCUT2D eigenvalue weighted by molar-refractivity contribution is 7.93. The van der Waals surface area contributed by atoms with Crippen LogP contribution in [0.4, 0.5) is 26.6 Å². The van der Waals surface area contributed by atoms with Crippen molar-refractivity contribution in [1.29, 1.82) is 0 Å². The maximum atomic E-state index is 14.8. The lowest BCUT2D eigenvalue weighted by Crippen LogP contribution is -2.27. The lowest BCUT2D eigenvalue weighted by atomic mass is 10.1. The van der Waals surface area contributed by atoms with Gasteiger partial charge in [0.1, 0.15) is 10.7 Å². The second-order valence-electron chi connectivity index (χ2n) is 6.88. The summed E-state index contributed by atoms with van der Waals surface area (Å²) in [6, 6.07) is 7.99. The molecular weight excluding hydrogens is 461 g/mol. The second kappa shape index (κ2) is 9.82. The summed E-state index contributed by atoms with van der Waals surface area (Å²) >= 11 is 7.42. The molecule has 0 aliphatic rings. The predicted octanol–water partition coefficient (Wildman–Crippen LogP) is 4.44. The maximum absolute atomic E-state index is 14.8. The lowest BCUT2D eigenvalue weighted by molar-refractivity contribution is 0.571. The first-order valence-corrected chi connectivity index (χ1v) is 12.1. The Morgan fingerprint density at radius 2 is 2.00 bits per heavy atom. The molecule has 2 aromatic carbocycles. The average molecular weight is 484 g/mol. The summed E-state index contributed by atoms with van der Waals surface area (Å²) in [6.07, 6.45) is 1.45. The van der Waals surface area contributed by atoms with Crippen LogP contribution in [0.1, 0.15) is 5.56 Å². The number of nitrogens with one attached hydrogen (secondary N) is 3. The van der Waals surface area contributed by atoms with Gasteiger partial charge in [-0.1, -0.05) is 17.7 Å². The van der Waals surface area contributed by atoms with E-state index in [1.807, 2.05) is 39.2 Å². The van der Waals surface area contributed by atoms with Crippen molar-refractivity contribution in [2.45, 2.75) is 11.8 Å². The fourth-order valence-corrected chi connectivity index (χ4v) is 5.03. The number of rotatable bonds is 9. The molecule has 0 spiro atoms. The molecule has 3 N–H and O–H groups in total. The van der Waals surface area contributed by atoms with Gasteiger partial charge < -0.3 is 15.5 Å². The van der Waals surface area contributed by atoms with Gasteiger partial charge in [0.05, 0.1) is 22.1 Å². The zero-order valence-corrected chi connectivity index (χ0v) is 19.6. The standard InChI is InChI=1S/C20H23ClFN5O2S2/c1-13-4-5-16(18(10-13)27(3)8-6-23-2)25-17-12-15(22)19(11-14(17)21)31(28,29)26-20-24-7-9-30-20/h4-5,7,9-12,23,25H,6,8H2,1-3H3,(H,24,26). The summed E-state index contributed by atoms with van der Waals surface area (Å²) in [5.74, 6) is -0.923. The normalized spacial score (nSPS) is 11.4. The molecule has 3 rings (SSSR count). The Labute approximate surface area is 190 Å². The minimum absolute atomic E-state index is 0.0744. The molecule has 1 heterocycles. The first kappa shape index (κ1) is 23.3. The van der Waals surface area contributed by atoms with E-state index in [0.717, 1.165) is 53.5 Å². The minimum Gasteiger partial charge on any atom is -0.372 e. The van der Waals surface area contributed by atoms with Crippen molar-refractivity contribution in [2.24, 2.45) is 0 Å². The second-order valence-corrected chi connectivity index (χ2v) is 9.83. The van der Waals surface area contributed by atoms with Gasteiger partial charge in [0.25, 0.3) is 10.0 Å². The number of aryl methyl sites for hydroxylation is 1. The number of aromatic nitrogens is 1. The number of halogens is 2.